The Hall–Kier alpha value is -2.37. The van der Waals surface area contributed by atoms with Crippen LogP contribution in [0.5, 0.6) is 0 Å². The average Bonchev–Trinajstić information content (AvgIpc) is 2.74. The van der Waals surface area contributed by atoms with Crippen molar-refractivity contribution in [3.05, 3.63) is 47.0 Å². The molecule has 1 aromatic heterocycles. The van der Waals surface area contributed by atoms with Crippen molar-refractivity contribution in [3.8, 4) is 0 Å². The predicted molar refractivity (Wildman–Crippen MR) is 79.6 cm³/mol. The fourth-order valence-corrected chi connectivity index (χ4v) is 2.17. The third kappa shape index (κ3) is 3.59. The first kappa shape index (κ1) is 15.0. The smallest absolute Gasteiger partial charge is 0.319 e. The molecule has 21 heavy (non-hydrogen) atoms. The zero-order valence-electron chi connectivity index (χ0n) is 12.4. The number of benzene rings is 1. The fraction of sp³-hybridized carbons (Fsp3) is 0.333. The Morgan fingerprint density at radius 2 is 1.95 bits per heavy atom. The molecular formula is C15H19FN4O. The minimum Gasteiger partial charge on any atom is -0.334 e. The van der Waals surface area contributed by atoms with Gasteiger partial charge in [-0.15, -0.1) is 0 Å². The number of urea groups is 1. The van der Waals surface area contributed by atoms with E-state index in [0.29, 0.717) is 12.2 Å². The molecule has 0 atom stereocenters. The quantitative estimate of drug-likeness (QED) is 0.909. The highest BCUT2D eigenvalue weighted by molar-refractivity contribution is 5.89. The normalized spacial score (nSPS) is 10.5. The van der Waals surface area contributed by atoms with Crippen molar-refractivity contribution in [2.75, 3.05) is 5.32 Å². The Morgan fingerprint density at radius 3 is 2.52 bits per heavy atom. The number of carbonyl (C=O) groups is 1. The molecule has 0 aliphatic carbocycles. The number of rotatable bonds is 4. The minimum atomic E-state index is -0.334. The van der Waals surface area contributed by atoms with E-state index in [0.717, 1.165) is 23.5 Å². The van der Waals surface area contributed by atoms with E-state index in [-0.39, 0.29) is 11.8 Å². The molecule has 0 spiro atoms. The van der Waals surface area contributed by atoms with Gasteiger partial charge in [0.05, 0.1) is 5.69 Å². The van der Waals surface area contributed by atoms with Gasteiger partial charge in [0.1, 0.15) is 5.82 Å². The van der Waals surface area contributed by atoms with E-state index in [9.17, 15) is 9.18 Å². The standard InChI is InChI=1S/C15H19FN4O/c1-4-20-11(3)14(10(2)19-20)9-17-15(21)18-13-7-5-12(16)6-8-13/h5-8H,4,9H2,1-3H3,(H2,17,18,21). The van der Waals surface area contributed by atoms with Gasteiger partial charge in [-0.1, -0.05) is 0 Å². The molecule has 0 bridgehead atoms. The Morgan fingerprint density at radius 1 is 1.29 bits per heavy atom. The van der Waals surface area contributed by atoms with Crippen LogP contribution in [0.1, 0.15) is 23.9 Å². The third-order valence-electron chi connectivity index (χ3n) is 3.36. The zero-order chi connectivity index (χ0) is 15.4. The number of nitrogens with one attached hydrogen (secondary N) is 2. The molecular weight excluding hydrogens is 271 g/mol. The first-order chi connectivity index (χ1) is 10.0. The molecule has 112 valence electrons. The molecule has 0 radical (unpaired) electrons. The summed E-state index contributed by atoms with van der Waals surface area (Å²) in [6, 6.07) is 5.30. The number of carbonyl (C=O) groups excluding carboxylic acids is 1. The fourth-order valence-electron chi connectivity index (χ4n) is 2.17. The van der Waals surface area contributed by atoms with Gasteiger partial charge in [0.2, 0.25) is 0 Å². The highest BCUT2D eigenvalue weighted by atomic mass is 19.1. The Bertz CT molecular complexity index is 634. The molecule has 1 heterocycles. The number of halogens is 1. The van der Waals surface area contributed by atoms with Crippen molar-refractivity contribution in [1.29, 1.82) is 0 Å². The van der Waals surface area contributed by atoms with Crippen LogP contribution in [-0.4, -0.2) is 15.8 Å². The summed E-state index contributed by atoms with van der Waals surface area (Å²) in [5.41, 5.74) is 3.53. The molecule has 0 fully saturated rings. The molecule has 2 rings (SSSR count). The first-order valence-electron chi connectivity index (χ1n) is 6.84. The predicted octanol–water partition coefficient (Wildman–Crippen LogP) is 2.98. The summed E-state index contributed by atoms with van der Waals surface area (Å²) >= 11 is 0. The second-order valence-corrected chi connectivity index (χ2v) is 4.78. The molecule has 0 saturated heterocycles. The summed E-state index contributed by atoms with van der Waals surface area (Å²) in [6.45, 7) is 7.14. The highest BCUT2D eigenvalue weighted by Gasteiger charge is 2.11. The summed E-state index contributed by atoms with van der Waals surface area (Å²) in [6.07, 6.45) is 0. The zero-order valence-corrected chi connectivity index (χ0v) is 12.4. The van der Waals surface area contributed by atoms with Crippen LogP contribution >= 0.6 is 0 Å². The highest BCUT2D eigenvalue weighted by Crippen LogP contribution is 2.13. The van der Waals surface area contributed by atoms with Gasteiger partial charge in [0, 0.05) is 30.0 Å². The van der Waals surface area contributed by atoms with Crippen molar-refractivity contribution in [2.45, 2.75) is 33.9 Å². The number of aromatic nitrogens is 2. The van der Waals surface area contributed by atoms with Gasteiger partial charge in [-0.25, -0.2) is 9.18 Å². The van der Waals surface area contributed by atoms with Crippen molar-refractivity contribution in [3.63, 3.8) is 0 Å². The van der Waals surface area contributed by atoms with Gasteiger partial charge in [-0.05, 0) is 45.0 Å². The molecule has 0 aliphatic rings. The van der Waals surface area contributed by atoms with Crippen LogP contribution in [0, 0.1) is 19.7 Å². The van der Waals surface area contributed by atoms with Gasteiger partial charge >= 0.3 is 6.03 Å². The lowest BCUT2D eigenvalue weighted by atomic mass is 10.2. The number of anilines is 1. The largest absolute Gasteiger partial charge is 0.334 e. The maximum absolute atomic E-state index is 12.8. The van der Waals surface area contributed by atoms with Crippen LogP contribution in [0.25, 0.3) is 0 Å². The molecule has 0 aliphatic heterocycles. The van der Waals surface area contributed by atoms with E-state index in [1.165, 1.54) is 24.3 Å². The Labute approximate surface area is 123 Å². The van der Waals surface area contributed by atoms with Crippen LogP contribution in [0.3, 0.4) is 0 Å². The van der Waals surface area contributed by atoms with Crippen molar-refractivity contribution in [2.24, 2.45) is 0 Å². The lowest BCUT2D eigenvalue weighted by Crippen LogP contribution is -2.28. The molecule has 2 amide bonds. The van der Waals surface area contributed by atoms with E-state index >= 15 is 0 Å². The Balaban J connectivity index is 1.95. The third-order valence-corrected chi connectivity index (χ3v) is 3.36. The number of amides is 2. The van der Waals surface area contributed by atoms with Crippen molar-refractivity contribution >= 4 is 11.7 Å². The van der Waals surface area contributed by atoms with Crippen LogP contribution < -0.4 is 10.6 Å². The van der Waals surface area contributed by atoms with Crippen LogP contribution in [0.4, 0.5) is 14.9 Å². The molecule has 5 nitrogen and oxygen atoms in total. The summed E-state index contributed by atoms with van der Waals surface area (Å²) in [7, 11) is 0. The van der Waals surface area contributed by atoms with Crippen LogP contribution in [0.15, 0.2) is 24.3 Å². The summed E-state index contributed by atoms with van der Waals surface area (Å²) in [5.74, 6) is -0.334. The number of hydrogen-bond donors (Lipinski definition) is 2. The van der Waals surface area contributed by atoms with Gasteiger partial charge in [0.25, 0.3) is 0 Å². The average molecular weight is 290 g/mol. The van der Waals surface area contributed by atoms with Gasteiger partial charge in [-0.3, -0.25) is 4.68 Å². The summed E-state index contributed by atoms with van der Waals surface area (Å²) in [4.78, 5) is 11.8. The van der Waals surface area contributed by atoms with Gasteiger partial charge < -0.3 is 10.6 Å². The molecule has 2 N–H and O–H groups in total. The van der Waals surface area contributed by atoms with Crippen molar-refractivity contribution < 1.29 is 9.18 Å². The maximum atomic E-state index is 12.8. The van der Waals surface area contributed by atoms with E-state index in [2.05, 4.69) is 15.7 Å². The monoisotopic (exact) mass is 290 g/mol. The SMILES string of the molecule is CCn1nc(C)c(CNC(=O)Nc2ccc(F)cc2)c1C. The van der Waals surface area contributed by atoms with E-state index in [4.69, 9.17) is 0 Å². The molecule has 0 saturated carbocycles. The van der Waals surface area contributed by atoms with E-state index in [1.54, 1.807) is 0 Å². The van der Waals surface area contributed by atoms with Crippen LogP contribution in [-0.2, 0) is 13.1 Å². The summed E-state index contributed by atoms with van der Waals surface area (Å²) < 4.78 is 14.7. The lowest BCUT2D eigenvalue weighted by Gasteiger charge is -2.08. The van der Waals surface area contributed by atoms with Crippen molar-refractivity contribution in [1.82, 2.24) is 15.1 Å². The van der Waals surface area contributed by atoms with E-state index < -0.39 is 0 Å². The maximum Gasteiger partial charge on any atom is 0.319 e. The molecule has 2 aromatic rings. The van der Waals surface area contributed by atoms with E-state index in [1.807, 2.05) is 25.5 Å². The number of aryl methyl sites for hydroxylation is 2. The second kappa shape index (κ2) is 6.39. The van der Waals surface area contributed by atoms with Crippen LogP contribution in [0.2, 0.25) is 0 Å². The topological polar surface area (TPSA) is 59.0 Å². The number of nitrogens with zero attached hydrogens (tertiary/aromatic N) is 2. The second-order valence-electron chi connectivity index (χ2n) is 4.78. The molecule has 6 heteroatoms. The van der Waals surface area contributed by atoms with Gasteiger partial charge in [0.15, 0.2) is 0 Å². The molecule has 1 aromatic carbocycles. The molecule has 0 unspecified atom stereocenters. The van der Waals surface area contributed by atoms with Gasteiger partial charge in [-0.2, -0.15) is 5.10 Å². The Kier molecular flexibility index (Phi) is 4.57. The summed E-state index contributed by atoms with van der Waals surface area (Å²) in [5, 5.41) is 9.84. The number of hydrogen-bond acceptors (Lipinski definition) is 2. The minimum absolute atomic E-state index is 0.329. The lowest BCUT2D eigenvalue weighted by molar-refractivity contribution is 0.251. The first-order valence-corrected chi connectivity index (χ1v) is 6.84.